The van der Waals surface area contributed by atoms with Gasteiger partial charge in [-0.1, -0.05) is 24.3 Å². The molecule has 4 nitrogen and oxygen atoms in total. The lowest BCUT2D eigenvalue weighted by atomic mass is 9.84. The molecule has 0 fully saturated rings. The van der Waals surface area contributed by atoms with Gasteiger partial charge in [0, 0.05) is 23.6 Å². The standard InChI is InChI=1S/C21H16F2N2O2S/c1-11-17-13(18-14(22)8-5-9-15(18)23)10-16(26)25-21(17)28-19(11)20(27)24-12-6-3-2-4-7-12/h2-9,13H,10H2,1H3,(H,24,27)(H,25,26)/t13-/m0/s1. The largest absolute Gasteiger partial charge is 0.321 e. The van der Waals surface area contributed by atoms with Crippen LogP contribution >= 0.6 is 11.3 Å². The first-order valence-electron chi connectivity index (χ1n) is 8.69. The minimum absolute atomic E-state index is 0.0812. The van der Waals surface area contributed by atoms with Gasteiger partial charge in [0.15, 0.2) is 0 Å². The van der Waals surface area contributed by atoms with Crippen LogP contribution in [0.4, 0.5) is 19.5 Å². The van der Waals surface area contributed by atoms with Gasteiger partial charge in [0.1, 0.15) is 11.6 Å². The average Bonchev–Trinajstić information content (AvgIpc) is 2.99. The summed E-state index contributed by atoms with van der Waals surface area (Å²) in [5.41, 5.74) is 1.70. The zero-order chi connectivity index (χ0) is 19.8. The van der Waals surface area contributed by atoms with Crippen molar-refractivity contribution in [1.29, 1.82) is 0 Å². The molecule has 0 saturated carbocycles. The summed E-state index contributed by atoms with van der Waals surface area (Å²) >= 11 is 1.11. The van der Waals surface area contributed by atoms with Gasteiger partial charge < -0.3 is 10.6 Å². The number of carbonyl (C=O) groups is 2. The predicted molar refractivity (Wildman–Crippen MR) is 105 cm³/mol. The zero-order valence-corrected chi connectivity index (χ0v) is 15.7. The molecular formula is C21H16F2N2O2S. The molecule has 1 aromatic heterocycles. The second-order valence-corrected chi connectivity index (χ2v) is 7.58. The quantitative estimate of drug-likeness (QED) is 0.648. The molecular weight excluding hydrogens is 382 g/mol. The van der Waals surface area contributed by atoms with Gasteiger partial charge in [-0.3, -0.25) is 9.59 Å². The molecule has 1 aliphatic rings. The summed E-state index contributed by atoms with van der Waals surface area (Å²) in [5.74, 6) is -2.85. The lowest BCUT2D eigenvalue weighted by Crippen LogP contribution is -2.24. The number of halogens is 2. The third-order valence-electron chi connectivity index (χ3n) is 4.77. The van der Waals surface area contributed by atoms with Crippen LogP contribution in [0, 0.1) is 18.6 Å². The molecule has 28 heavy (non-hydrogen) atoms. The fourth-order valence-electron chi connectivity index (χ4n) is 3.52. The molecule has 4 rings (SSSR count). The molecule has 142 valence electrons. The number of nitrogens with one attached hydrogen (secondary N) is 2. The Morgan fingerprint density at radius 2 is 1.75 bits per heavy atom. The van der Waals surface area contributed by atoms with Crippen molar-refractivity contribution in [3.8, 4) is 0 Å². The molecule has 2 amide bonds. The number of hydrogen-bond donors (Lipinski definition) is 2. The van der Waals surface area contributed by atoms with Gasteiger partial charge in [-0.25, -0.2) is 8.78 Å². The van der Waals surface area contributed by atoms with Crippen molar-refractivity contribution in [3.05, 3.63) is 81.7 Å². The maximum atomic E-state index is 14.4. The van der Waals surface area contributed by atoms with Gasteiger partial charge in [-0.2, -0.15) is 0 Å². The summed E-state index contributed by atoms with van der Waals surface area (Å²) in [7, 11) is 0. The predicted octanol–water partition coefficient (Wildman–Crippen LogP) is 5.06. The number of anilines is 2. The Hall–Kier alpha value is -3.06. The third kappa shape index (κ3) is 3.18. The molecule has 0 saturated heterocycles. The summed E-state index contributed by atoms with van der Waals surface area (Å²) in [6, 6.07) is 12.6. The van der Waals surface area contributed by atoms with Crippen LogP contribution in [-0.2, 0) is 4.79 Å². The van der Waals surface area contributed by atoms with Gasteiger partial charge in [-0.15, -0.1) is 11.3 Å². The van der Waals surface area contributed by atoms with Crippen LogP contribution in [0.25, 0.3) is 0 Å². The Morgan fingerprint density at radius 1 is 1.07 bits per heavy atom. The lowest BCUT2D eigenvalue weighted by Gasteiger charge is -2.24. The van der Waals surface area contributed by atoms with Crippen molar-refractivity contribution in [3.63, 3.8) is 0 Å². The molecule has 2 aromatic carbocycles. The topological polar surface area (TPSA) is 58.2 Å². The molecule has 2 heterocycles. The van der Waals surface area contributed by atoms with Gasteiger partial charge in [0.05, 0.1) is 9.88 Å². The van der Waals surface area contributed by atoms with Crippen LogP contribution in [-0.4, -0.2) is 11.8 Å². The van der Waals surface area contributed by atoms with Gasteiger partial charge in [-0.05, 0) is 42.3 Å². The number of hydrogen-bond acceptors (Lipinski definition) is 3. The second-order valence-electron chi connectivity index (χ2n) is 6.56. The maximum absolute atomic E-state index is 14.4. The van der Waals surface area contributed by atoms with E-state index in [1.165, 1.54) is 18.2 Å². The highest BCUT2D eigenvalue weighted by atomic mass is 32.1. The summed E-state index contributed by atoms with van der Waals surface area (Å²) in [5, 5.41) is 6.00. The summed E-state index contributed by atoms with van der Waals surface area (Å²) in [6.07, 6.45) is -0.0812. The van der Waals surface area contributed by atoms with Crippen molar-refractivity contribution in [1.82, 2.24) is 0 Å². The maximum Gasteiger partial charge on any atom is 0.266 e. The Labute approximate surface area is 164 Å². The SMILES string of the molecule is Cc1c(C(=O)Nc2ccccc2)sc2c1[C@@H](c1c(F)cccc1F)CC(=O)N2. The molecule has 7 heteroatoms. The molecule has 1 atom stereocenters. The second kappa shape index (κ2) is 7.16. The zero-order valence-electron chi connectivity index (χ0n) is 14.9. The van der Waals surface area contributed by atoms with Gasteiger partial charge >= 0.3 is 0 Å². The monoisotopic (exact) mass is 398 g/mol. The van der Waals surface area contributed by atoms with Crippen LogP contribution in [0.2, 0.25) is 0 Å². The van der Waals surface area contributed by atoms with Crippen molar-refractivity contribution in [2.45, 2.75) is 19.3 Å². The highest BCUT2D eigenvalue weighted by Gasteiger charge is 2.35. The molecule has 3 aromatic rings. The highest BCUT2D eigenvalue weighted by Crippen LogP contribution is 2.46. The number of fused-ring (bicyclic) bond motifs is 1. The summed E-state index contributed by atoms with van der Waals surface area (Å²) in [4.78, 5) is 25.3. The van der Waals surface area contributed by atoms with Gasteiger partial charge in [0.2, 0.25) is 5.91 Å². The molecule has 0 unspecified atom stereocenters. The molecule has 0 spiro atoms. The van der Waals surface area contributed by atoms with E-state index in [-0.39, 0.29) is 23.8 Å². The molecule has 0 bridgehead atoms. The summed E-state index contributed by atoms with van der Waals surface area (Å²) in [6.45, 7) is 1.73. The first-order chi connectivity index (χ1) is 13.5. The van der Waals surface area contributed by atoms with E-state index in [0.717, 1.165) is 11.3 Å². The van der Waals surface area contributed by atoms with Crippen LogP contribution in [0.15, 0.2) is 48.5 Å². The first-order valence-corrected chi connectivity index (χ1v) is 9.50. The average molecular weight is 398 g/mol. The molecule has 1 aliphatic heterocycles. The summed E-state index contributed by atoms with van der Waals surface area (Å²) < 4.78 is 28.8. The van der Waals surface area contributed by atoms with E-state index >= 15 is 0 Å². The first kappa shape index (κ1) is 18.3. The van der Waals surface area contributed by atoms with Gasteiger partial charge in [0.25, 0.3) is 5.91 Å². The van der Waals surface area contributed by atoms with E-state index in [1.807, 2.05) is 6.07 Å². The Balaban J connectivity index is 1.77. The van der Waals surface area contributed by atoms with E-state index in [0.29, 0.717) is 26.7 Å². The van der Waals surface area contributed by atoms with Crippen molar-refractivity contribution in [2.24, 2.45) is 0 Å². The van der Waals surface area contributed by atoms with E-state index in [4.69, 9.17) is 0 Å². The number of carbonyl (C=O) groups excluding carboxylic acids is 2. The Morgan fingerprint density at radius 3 is 2.43 bits per heavy atom. The van der Waals surface area contributed by atoms with Crippen molar-refractivity contribution < 1.29 is 18.4 Å². The van der Waals surface area contributed by atoms with Crippen molar-refractivity contribution in [2.75, 3.05) is 10.6 Å². The number of amides is 2. The lowest BCUT2D eigenvalue weighted by molar-refractivity contribution is -0.116. The number of thiophene rings is 1. The molecule has 0 aliphatic carbocycles. The van der Waals surface area contributed by atoms with Crippen LogP contribution in [0.1, 0.15) is 38.7 Å². The molecule has 2 N–H and O–H groups in total. The van der Waals surface area contributed by atoms with E-state index in [1.54, 1.807) is 31.2 Å². The highest BCUT2D eigenvalue weighted by molar-refractivity contribution is 7.18. The molecule has 0 radical (unpaired) electrons. The van der Waals surface area contributed by atoms with E-state index in [9.17, 15) is 18.4 Å². The normalized spacial score (nSPS) is 15.7. The Bertz CT molecular complexity index is 1060. The van der Waals surface area contributed by atoms with Crippen LogP contribution in [0.3, 0.4) is 0 Å². The van der Waals surface area contributed by atoms with Crippen LogP contribution < -0.4 is 10.6 Å². The minimum atomic E-state index is -0.778. The van der Waals surface area contributed by atoms with Crippen molar-refractivity contribution >= 4 is 33.8 Å². The number of para-hydroxylation sites is 1. The Kier molecular flexibility index (Phi) is 4.68. The smallest absolute Gasteiger partial charge is 0.266 e. The third-order valence-corrected chi connectivity index (χ3v) is 5.99. The number of benzene rings is 2. The van der Waals surface area contributed by atoms with E-state index in [2.05, 4.69) is 10.6 Å². The number of rotatable bonds is 3. The van der Waals surface area contributed by atoms with Crippen LogP contribution in [0.5, 0.6) is 0 Å². The fourth-order valence-corrected chi connectivity index (χ4v) is 4.70. The minimum Gasteiger partial charge on any atom is -0.321 e. The fraction of sp³-hybridized carbons (Fsp3) is 0.143. The van der Waals surface area contributed by atoms with E-state index < -0.39 is 17.6 Å².